The number of amides is 1. The average molecular weight is 234 g/mol. The smallest absolute Gasteiger partial charge is 0.224 e. The van der Waals surface area contributed by atoms with E-state index in [1.165, 1.54) is 0 Å². The molecule has 92 valence electrons. The fourth-order valence-corrected chi connectivity index (χ4v) is 2.13. The minimum Gasteiger partial charge on any atom is -0.350 e. The van der Waals surface area contributed by atoms with Crippen LogP contribution >= 0.6 is 0 Å². The van der Waals surface area contributed by atoms with Crippen LogP contribution in [0.4, 0.5) is 0 Å². The van der Waals surface area contributed by atoms with Gasteiger partial charge >= 0.3 is 0 Å². The molecule has 5 heteroatoms. The first-order valence-corrected chi connectivity index (χ1v) is 5.97. The Bertz CT molecular complexity index is 390. The number of carbonyl (C=O) groups excluding carboxylic acids is 1. The molecule has 2 atom stereocenters. The molecule has 1 aliphatic rings. The fourth-order valence-electron chi connectivity index (χ4n) is 2.13. The number of nitrogens with zero attached hydrogens (tertiary/aromatic N) is 2. The van der Waals surface area contributed by atoms with Crippen LogP contribution < -0.4 is 11.1 Å². The van der Waals surface area contributed by atoms with Gasteiger partial charge in [-0.2, -0.15) is 0 Å². The second-order valence-electron chi connectivity index (χ2n) is 4.57. The summed E-state index contributed by atoms with van der Waals surface area (Å²) in [5, 5.41) is 2.87. The van der Waals surface area contributed by atoms with Crippen molar-refractivity contribution in [3.63, 3.8) is 0 Å². The summed E-state index contributed by atoms with van der Waals surface area (Å²) >= 11 is 0. The standard InChI is InChI=1S/C12H18N4O/c1-8-5-15-9(6-14-8)7-16-12(17)10-3-2-4-11(10)13/h5-6,10-11H,2-4,7,13H2,1H3,(H,16,17). The lowest BCUT2D eigenvalue weighted by atomic mass is 10.0. The third kappa shape index (κ3) is 3.00. The van der Waals surface area contributed by atoms with Crippen LogP contribution in [0.2, 0.25) is 0 Å². The second-order valence-corrected chi connectivity index (χ2v) is 4.57. The molecule has 1 aromatic heterocycles. The first-order chi connectivity index (χ1) is 8.16. The predicted molar refractivity (Wildman–Crippen MR) is 63.9 cm³/mol. The summed E-state index contributed by atoms with van der Waals surface area (Å²) in [6, 6.07) is 0.0131. The Morgan fingerprint density at radius 1 is 1.47 bits per heavy atom. The van der Waals surface area contributed by atoms with E-state index < -0.39 is 0 Å². The zero-order valence-electron chi connectivity index (χ0n) is 10.0. The van der Waals surface area contributed by atoms with Crippen molar-refractivity contribution in [2.75, 3.05) is 0 Å². The lowest BCUT2D eigenvalue weighted by Crippen LogP contribution is -2.38. The van der Waals surface area contributed by atoms with Gasteiger partial charge in [0.05, 0.1) is 30.0 Å². The van der Waals surface area contributed by atoms with Gasteiger partial charge in [-0.3, -0.25) is 14.8 Å². The van der Waals surface area contributed by atoms with Gasteiger partial charge in [-0.15, -0.1) is 0 Å². The lowest BCUT2D eigenvalue weighted by molar-refractivity contribution is -0.125. The molecule has 5 nitrogen and oxygen atoms in total. The van der Waals surface area contributed by atoms with Crippen molar-refractivity contribution in [2.45, 2.75) is 38.8 Å². The van der Waals surface area contributed by atoms with Gasteiger partial charge in [0.1, 0.15) is 0 Å². The summed E-state index contributed by atoms with van der Waals surface area (Å²) in [5.41, 5.74) is 7.53. The van der Waals surface area contributed by atoms with Gasteiger partial charge in [-0.05, 0) is 19.8 Å². The van der Waals surface area contributed by atoms with E-state index in [0.717, 1.165) is 30.7 Å². The molecule has 0 spiro atoms. The maximum absolute atomic E-state index is 11.9. The van der Waals surface area contributed by atoms with Crippen LogP contribution in [0.25, 0.3) is 0 Å². The van der Waals surface area contributed by atoms with Crippen LogP contribution in [0.3, 0.4) is 0 Å². The first kappa shape index (κ1) is 12.0. The van der Waals surface area contributed by atoms with Crippen molar-refractivity contribution in [3.05, 3.63) is 23.8 Å². The van der Waals surface area contributed by atoms with Crippen molar-refractivity contribution in [1.82, 2.24) is 15.3 Å². The predicted octanol–water partition coefficient (Wildman–Crippen LogP) is 0.529. The zero-order valence-corrected chi connectivity index (χ0v) is 10.0. The molecule has 2 unspecified atom stereocenters. The van der Waals surface area contributed by atoms with Crippen molar-refractivity contribution in [3.8, 4) is 0 Å². The van der Waals surface area contributed by atoms with Gasteiger partial charge in [0, 0.05) is 12.2 Å². The Hall–Kier alpha value is -1.49. The number of nitrogens with one attached hydrogen (secondary N) is 1. The number of aryl methyl sites for hydroxylation is 1. The van der Waals surface area contributed by atoms with Gasteiger partial charge in [-0.1, -0.05) is 6.42 Å². The van der Waals surface area contributed by atoms with E-state index in [4.69, 9.17) is 5.73 Å². The molecule has 2 rings (SSSR count). The molecule has 0 aromatic carbocycles. The maximum Gasteiger partial charge on any atom is 0.224 e. The van der Waals surface area contributed by atoms with Crippen molar-refractivity contribution >= 4 is 5.91 Å². The minimum absolute atomic E-state index is 0.0131. The quantitative estimate of drug-likeness (QED) is 0.799. The van der Waals surface area contributed by atoms with Crippen LogP contribution in [-0.2, 0) is 11.3 Å². The third-order valence-corrected chi connectivity index (χ3v) is 3.18. The molecule has 0 bridgehead atoms. The number of rotatable bonds is 3. The molecule has 1 fully saturated rings. The Balaban J connectivity index is 1.85. The van der Waals surface area contributed by atoms with E-state index in [0.29, 0.717) is 6.54 Å². The molecule has 0 aliphatic heterocycles. The van der Waals surface area contributed by atoms with E-state index in [9.17, 15) is 4.79 Å². The van der Waals surface area contributed by atoms with E-state index in [1.54, 1.807) is 12.4 Å². The van der Waals surface area contributed by atoms with Crippen molar-refractivity contribution in [2.24, 2.45) is 11.7 Å². The SMILES string of the molecule is Cc1cnc(CNC(=O)C2CCCC2N)cn1. The molecule has 17 heavy (non-hydrogen) atoms. The molecule has 0 saturated heterocycles. The van der Waals surface area contributed by atoms with Gasteiger partial charge in [-0.25, -0.2) is 0 Å². The Morgan fingerprint density at radius 3 is 2.88 bits per heavy atom. The van der Waals surface area contributed by atoms with Crippen molar-refractivity contribution < 1.29 is 4.79 Å². The molecule has 0 radical (unpaired) electrons. The van der Waals surface area contributed by atoms with Crippen LogP contribution in [-0.4, -0.2) is 21.9 Å². The minimum atomic E-state index is -0.0339. The summed E-state index contributed by atoms with van der Waals surface area (Å²) in [5.74, 6) is 0.00535. The number of hydrogen-bond donors (Lipinski definition) is 2. The summed E-state index contributed by atoms with van der Waals surface area (Å²) < 4.78 is 0. The highest BCUT2D eigenvalue weighted by atomic mass is 16.1. The van der Waals surface area contributed by atoms with E-state index in [2.05, 4.69) is 15.3 Å². The Morgan fingerprint density at radius 2 is 2.29 bits per heavy atom. The third-order valence-electron chi connectivity index (χ3n) is 3.18. The Labute approximate surface area is 101 Å². The zero-order chi connectivity index (χ0) is 12.3. The highest BCUT2D eigenvalue weighted by molar-refractivity contribution is 5.79. The van der Waals surface area contributed by atoms with Crippen LogP contribution in [0.1, 0.15) is 30.7 Å². The number of aromatic nitrogens is 2. The lowest BCUT2D eigenvalue weighted by Gasteiger charge is -2.14. The number of hydrogen-bond acceptors (Lipinski definition) is 4. The highest BCUT2D eigenvalue weighted by Crippen LogP contribution is 2.23. The summed E-state index contributed by atoms with van der Waals surface area (Å²) in [6.45, 7) is 2.31. The summed E-state index contributed by atoms with van der Waals surface area (Å²) in [4.78, 5) is 20.2. The maximum atomic E-state index is 11.9. The normalized spacial score (nSPS) is 23.6. The molecule has 1 heterocycles. The van der Waals surface area contributed by atoms with Crippen LogP contribution in [0.5, 0.6) is 0 Å². The first-order valence-electron chi connectivity index (χ1n) is 5.97. The molecular weight excluding hydrogens is 216 g/mol. The van der Waals surface area contributed by atoms with Crippen molar-refractivity contribution in [1.29, 1.82) is 0 Å². The largest absolute Gasteiger partial charge is 0.350 e. The van der Waals surface area contributed by atoms with Gasteiger partial charge in [0.15, 0.2) is 0 Å². The van der Waals surface area contributed by atoms with E-state index in [-0.39, 0.29) is 17.9 Å². The number of carbonyl (C=O) groups is 1. The molecule has 3 N–H and O–H groups in total. The highest BCUT2D eigenvalue weighted by Gasteiger charge is 2.29. The summed E-state index contributed by atoms with van der Waals surface area (Å²) in [6.07, 6.45) is 6.27. The summed E-state index contributed by atoms with van der Waals surface area (Å²) in [7, 11) is 0. The molecule has 1 aliphatic carbocycles. The van der Waals surface area contributed by atoms with Crippen LogP contribution in [0.15, 0.2) is 12.4 Å². The number of nitrogens with two attached hydrogens (primary N) is 1. The average Bonchev–Trinajstić information content (AvgIpc) is 2.74. The molecule has 1 amide bonds. The molecule has 1 saturated carbocycles. The van der Waals surface area contributed by atoms with Gasteiger partial charge in [0.25, 0.3) is 0 Å². The molecule has 1 aromatic rings. The van der Waals surface area contributed by atoms with E-state index in [1.807, 2.05) is 6.92 Å². The molecular formula is C12H18N4O. The fraction of sp³-hybridized carbons (Fsp3) is 0.583. The van der Waals surface area contributed by atoms with Gasteiger partial charge in [0.2, 0.25) is 5.91 Å². The van der Waals surface area contributed by atoms with Gasteiger partial charge < -0.3 is 11.1 Å². The monoisotopic (exact) mass is 234 g/mol. The Kier molecular flexibility index (Phi) is 3.68. The topological polar surface area (TPSA) is 80.9 Å². The second kappa shape index (κ2) is 5.23. The van der Waals surface area contributed by atoms with E-state index >= 15 is 0 Å². The van der Waals surface area contributed by atoms with Crippen LogP contribution in [0, 0.1) is 12.8 Å².